The van der Waals surface area contributed by atoms with Crippen LogP contribution in [0.5, 0.6) is 0 Å². The maximum Gasteiger partial charge on any atom is 0.198 e. The largest absolute Gasteiger partial charge is 0.388 e. The number of rotatable bonds is 6. The Morgan fingerprint density at radius 3 is 2.57 bits per heavy atom. The van der Waals surface area contributed by atoms with Gasteiger partial charge >= 0.3 is 0 Å². The number of hydrogen-bond acceptors (Lipinski definition) is 5. The van der Waals surface area contributed by atoms with E-state index in [1.165, 1.54) is 22.7 Å². The Balaban J connectivity index is 1.74. The average Bonchev–Trinajstić information content (AvgIpc) is 3.20. The van der Waals surface area contributed by atoms with Crippen molar-refractivity contribution in [3.05, 3.63) is 57.1 Å². The number of hydrogen-bond donors (Lipinski definition) is 1. The highest BCUT2D eigenvalue weighted by Crippen LogP contribution is 2.31. The molecule has 0 spiro atoms. The van der Waals surface area contributed by atoms with Crippen molar-refractivity contribution < 1.29 is 14.7 Å². The van der Waals surface area contributed by atoms with Gasteiger partial charge in [-0.2, -0.15) is 0 Å². The van der Waals surface area contributed by atoms with E-state index in [1.807, 2.05) is 43.3 Å². The van der Waals surface area contributed by atoms with Gasteiger partial charge < -0.3 is 5.11 Å². The topological polar surface area (TPSA) is 54.4 Å². The highest BCUT2D eigenvalue weighted by molar-refractivity contribution is 7.20. The number of aliphatic hydroxyl groups excluding tert-OH is 1. The third-order valence-electron chi connectivity index (χ3n) is 3.72. The number of benzene rings is 1. The second-order valence-electron chi connectivity index (χ2n) is 5.46. The number of Topliss-reactive ketones (excluding diaryl/α,β-unsaturated/α-hetero) is 2. The number of fused-ring (bicyclic) bond motifs is 1. The first-order chi connectivity index (χ1) is 11.1. The highest BCUT2D eigenvalue weighted by Gasteiger charge is 2.18. The lowest BCUT2D eigenvalue weighted by molar-refractivity contribution is 0.0907. The van der Waals surface area contributed by atoms with E-state index in [0.717, 1.165) is 19.8 Å². The summed E-state index contributed by atoms with van der Waals surface area (Å²) in [6, 6.07) is 13.5. The van der Waals surface area contributed by atoms with Crippen molar-refractivity contribution in [2.24, 2.45) is 0 Å². The average molecular weight is 344 g/mol. The fourth-order valence-electron chi connectivity index (χ4n) is 2.44. The van der Waals surface area contributed by atoms with Crippen LogP contribution in [-0.2, 0) is 0 Å². The molecule has 2 aromatic heterocycles. The van der Waals surface area contributed by atoms with Crippen LogP contribution < -0.4 is 0 Å². The van der Waals surface area contributed by atoms with Gasteiger partial charge in [0.2, 0.25) is 0 Å². The Morgan fingerprint density at radius 1 is 1.04 bits per heavy atom. The molecule has 0 radical (unpaired) electrons. The van der Waals surface area contributed by atoms with Gasteiger partial charge in [0.25, 0.3) is 0 Å². The zero-order valence-electron chi connectivity index (χ0n) is 12.6. The molecule has 0 saturated heterocycles. The molecule has 3 nitrogen and oxygen atoms in total. The van der Waals surface area contributed by atoms with E-state index >= 15 is 0 Å². The molecular weight excluding hydrogens is 328 g/mol. The highest BCUT2D eigenvalue weighted by atomic mass is 32.1. The van der Waals surface area contributed by atoms with Gasteiger partial charge in [-0.15, -0.1) is 22.7 Å². The molecule has 0 fully saturated rings. The van der Waals surface area contributed by atoms with Crippen molar-refractivity contribution in [2.75, 3.05) is 6.61 Å². The van der Waals surface area contributed by atoms with E-state index < -0.39 is 6.61 Å². The summed E-state index contributed by atoms with van der Waals surface area (Å²) in [5.41, 5.74) is 0. The van der Waals surface area contributed by atoms with E-state index in [2.05, 4.69) is 0 Å². The minimum atomic E-state index is -0.477. The molecule has 0 aliphatic rings. The van der Waals surface area contributed by atoms with Crippen molar-refractivity contribution in [3.63, 3.8) is 0 Å². The zero-order valence-corrected chi connectivity index (χ0v) is 14.2. The van der Waals surface area contributed by atoms with Crippen molar-refractivity contribution >= 4 is 44.3 Å². The van der Waals surface area contributed by atoms with Crippen LogP contribution in [0, 0.1) is 0 Å². The molecule has 1 atom stereocenters. The quantitative estimate of drug-likeness (QED) is 0.669. The number of carbonyl (C=O) groups is 2. The Labute approximate surface area is 142 Å². The van der Waals surface area contributed by atoms with Gasteiger partial charge in [-0.25, -0.2) is 0 Å². The molecule has 3 aromatic rings. The van der Waals surface area contributed by atoms with Crippen LogP contribution in [0.4, 0.5) is 0 Å². The fraction of sp³-hybridized carbons (Fsp3) is 0.222. The van der Waals surface area contributed by atoms with Crippen LogP contribution in [0.2, 0.25) is 0 Å². The first-order valence-electron chi connectivity index (χ1n) is 7.34. The maximum atomic E-state index is 12.5. The summed E-state index contributed by atoms with van der Waals surface area (Å²) < 4.78 is 1.12. The second-order valence-corrected chi connectivity index (χ2v) is 7.66. The van der Waals surface area contributed by atoms with Crippen molar-refractivity contribution in [2.45, 2.75) is 19.3 Å². The van der Waals surface area contributed by atoms with Crippen molar-refractivity contribution in [1.82, 2.24) is 0 Å². The van der Waals surface area contributed by atoms with Crippen LogP contribution in [0.1, 0.15) is 43.5 Å². The maximum absolute atomic E-state index is 12.5. The van der Waals surface area contributed by atoms with E-state index in [1.54, 1.807) is 6.07 Å². The van der Waals surface area contributed by atoms with Crippen LogP contribution in [0.25, 0.3) is 10.1 Å². The molecule has 2 heterocycles. The summed E-state index contributed by atoms with van der Waals surface area (Å²) in [5, 5.41) is 10.0. The SMILES string of the molecule is C[C@H](CC(=O)c1cc2ccccc2s1)c1ccc(C(=O)CO)s1. The summed E-state index contributed by atoms with van der Waals surface area (Å²) in [7, 11) is 0. The van der Waals surface area contributed by atoms with E-state index in [-0.39, 0.29) is 17.5 Å². The molecule has 0 bridgehead atoms. The first-order valence-corrected chi connectivity index (χ1v) is 8.97. The third-order valence-corrected chi connectivity index (χ3v) is 6.24. The van der Waals surface area contributed by atoms with E-state index in [4.69, 9.17) is 5.11 Å². The van der Waals surface area contributed by atoms with Gasteiger partial charge in [0, 0.05) is 16.0 Å². The standard InChI is InChI=1S/C18H16O3S2/c1-11(15-6-7-17(22-15)14(21)10-19)8-13(20)18-9-12-4-2-3-5-16(12)23-18/h2-7,9,11,19H,8,10H2,1H3/t11-/m1/s1. The molecule has 0 saturated carbocycles. The predicted molar refractivity (Wildman–Crippen MR) is 94.9 cm³/mol. The monoisotopic (exact) mass is 344 g/mol. The molecule has 5 heteroatoms. The van der Waals surface area contributed by atoms with Crippen LogP contribution in [0.15, 0.2) is 42.5 Å². The summed E-state index contributed by atoms with van der Waals surface area (Å²) in [4.78, 5) is 26.3. The molecule has 1 aromatic carbocycles. The second kappa shape index (κ2) is 6.74. The zero-order chi connectivity index (χ0) is 16.4. The molecule has 23 heavy (non-hydrogen) atoms. The molecule has 0 aliphatic heterocycles. The molecule has 3 rings (SSSR count). The summed E-state index contributed by atoms with van der Waals surface area (Å²) in [5.74, 6) is -0.0932. The Bertz CT molecular complexity index is 827. The molecular formula is C18H16O3S2. The van der Waals surface area contributed by atoms with Gasteiger partial charge in [-0.1, -0.05) is 25.1 Å². The van der Waals surface area contributed by atoms with Gasteiger partial charge in [-0.05, 0) is 35.6 Å². The fourth-order valence-corrected chi connectivity index (χ4v) is 4.44. The lowest BCUT2D eigenvalue weighted by Crippen LogP contribution is -2.02. The summed E-state index contributed by atoms with van der Waals surface area (Å²) >= 11 is 2.88. The van der Waals surface area contributed by atoms with Gasteiger partial charge in [0.1, 0.15) is 6.61 Å². The minimum absolute atomic E-state index is 0.0537. The lowest BCUT2D eigenvalue weighted by atomic mass is 10.0. The van der Waals surface area contributed by atoms with Crippen LogP contribution >= 0.6 is 22.7 Å². The van der Waals surface area contributed by atoms with Crippen molar-refractivity contribution in [1.29, 1.82) is 0 Å². The Kier molecular flexibility index (Phi) is 4.71. The predicted octanol–water partition coefficient (Wildman–Crippen LogP) is 4.51. The smallest absolute Gasteiger partial charge is 0.198 e. The number of aliphatic hydroxyl groups is 1. The summed E-state index contributed by atoms with van der Waals surface area (Å²) in [6.07, 6.45) is 0.417. The van der Waals surface area contributed by atoms with Gasteiger partial charge in [-0.3, -0.25) is 9.59 Å². The van der Waals surface area contributed by atoms with E-state index in [9.17, 15) is 9.59 Å². The summed E-state index contributed by atoms with van der Waals surface area (Å²) in [6.45, 7) is 1.51. The normalized spacial score (nSPS) is 12.4. The molecule has 1 N–H and O–H groups in total. The number of ketones is 2. The molecule has 0 unspecified atom stereocenters. The van der Waals surface area contributed by atoms with E-state index in [0.29, 0.717) is 11.3 Å². The number of thiophene rings is 2. The Hall–Kier alpha value is -1.82. The van der Waals surface area contributed by atoms with Gasteiger partial charge in [0.15, 0.2) is 11.6 Å². The van der Waals surface area contributed by atoms with Crippen LogP contribution in [-0.4, -0.2) is 23.3 Å². The molecule has 0 aliphatic carbocycles. The third kappa shape index (κ3) is 3.42. The number of carbonyl (C=O) groups excluding carboxylic acids is 2. The Morgan fingerprint density at radius 2 is 1.83 bits per heavy atom. The van der Waals surface area contributed by atoms with Crippen molar-refractivity contribution in [3.8, 4) is 0 Å². The molecule has 0 amide bonds. The molecule has 118 valence electrons. The van der Waals surface area contributed by atoms with Crippen LogP contribution in [0.3, 0.4) is 0 Å². The lowest BCUT2D eigenvalue weighted by Gasteiger charge is -2.07. The van der Waals surface area contributed by atoms with Gasteiger partial charge in [0.05, 0.1) is 9.75 Å². The minimum Gasteiger partial charge on any atom is -0.388 e. The first kappa shape index (κ1) is 16.1.